The Labute approximate surface area is 229 Å². The first-order valence-electron chi connectivity index (χ1n) is 13.0. The summed E-state index contributed by atoms with van der Waals surface area (Å²) in [6, 6.07) is 41.0. The minimum atomic E-state index is 1.28. The van der Waals surface area contributed by atoms with E-state index in [0.29, 0.717) is 0 Å². The zero-order chi connectivity index (χ0) is 25.4. The molecule has 0 fully saturated rings. The Morgan fingerprint density at radius 3 is 1.21 bits per heavy atom. The first kappa shape index (κ1) is 22.0. The number of rotatable bonds is 2. The van der Waals surface area contributed by atoms with Gasteiger partial charge in [-0.25, -0.2) is 0 Å². The Morgan fingerprint density at radius 1 is 0.368 bits per heavy atom. The zero-order valence-electron chi connectivity index (χ0n) is 21.2. The van der Waals surface area contributed by atoms with Crippen LogP contribution < -0.4 is 0 Å². The van der Waals surface area contributed by atoms with E-state index in [1.807, 2.05) is 22.7 Å². The van der Waals surface area contributed by atoms with Gasteiger partial charge in [-0.2, -0.15) is 0 Å². The van der Waals surface area contributed by atoms with Gasteiger partial charge in [0, 0.05) is 20.2 Å². The molecule has 0 aliphatic heterocycles. The van der Waals surface area contributed by atoms with E-state index in [1.54, 1.807) is 0 Å². The number of aryl methyl sites for hydroxylation is 2. The van der Waals surface area contributed by atoms with Gasteiger partial charge in [0.15, 0.2) is 0 Å². The molecule has 0 nitrogen and oxygen atoms in total. The third-order valence-corrected chi connectivity index (χ3v) is 10.2. The molecule has 38 heavy (non-hydrogen) atoms. The molecule has 6 aromatic carbocycles. The van der Waals surface area contributed by atoms with Crippen LogP contribution in [-0.4, -0.2) is 0 Å². The van der Waals surface area contributed by atoms with Crippen molar-refractivity contribution in [1.29, 1.82) is 0 Å². The van der Waals surface area contributed by atoms with Crippen LogP contribution in [0, 0.1) is 13.8 Å². The Hall–Kier alpha value is -3.98. The van der Waals surface area contributed by atoms with E-state index in [2.05, 4.69) is 123 Å². The molecule has 0 atom stereocenters. The van der Waals surface area contributed by atoms with Crippen molar-refractivity contribution in [3.8, 4) is 22.3 Å². The summed E-state index contributed by atoms with van der Waals surface area (Å²) in [5.41, 5.74) is 7.73. The van der Waals surface area contributed by atoms with Crippen LogP contribution in [0.3, 0.4) is 0 Å². The summed E-state index contributed by atoms with van der Waals surface area (Å²) >= 11 is 3.86. The molecule has 8 aromatic rings. The van der Waals surface area contributed by atoms with Gasteiger partial charge in [-0.1, -0.05) is 96.1 Å². The van der Waals surface area contributed by atoms with Gasteiger partial charge in [0.2, 0.25) is 0 Å². The van der Waals surface area contributed by atoms with Gasteiger partial charge in [-0.3, -0.25) is 0 Å². The van der Waals surface area contributed by atoms with Crippen LogP contribution in [-0.2, 0) is 0 Å². The lowest BCUT2D eigenvalue weighted by molar-refractivity contribution is 1.50. The predicted molar refractivity (Wildman–Crippen MR) is 170 cm³/mol. The van der Waals surface area contributed by atoms with Crippen molar-refractivity contribution in [2.45, 2.75) is 13.8 Å². The molecule has 0 bridgehead atoms. The standard InChI is InChI=1S/C36H24S2/c1-21-3-5-25-17-27(9-7-23(25)15-21)29-11-13-31-33(19-29)37-36-32-14-12-30(20-34(32)38-35(31)36)28-10-8-24-16-22(2)4-6-26(24)18-28/h3-20H,1-2H3. The van der Waals surface area contributed by atoms with E-state index in [9.17, 15) is 0 Å². The predicted octanol–water partition coefficient (Wildman–Crippen LogP) is 11.5. The van der Waals surface area contributed by atoms with Crippen molar-refractivity contribution in [2.24, 2.45) is 0 Å². The second-order valence-corrected chi connectivity index (χ2v) is 12.5. The number of thiophene rings is 2. The van der Waals surface area contributed by atoms with Crippen LogP contribution in [0.4, 0.5) is 0 Å². The second-order valence-electron chi connectivity index (χ2n) is 10.4. The smallest absolute Gasteiger partial charge is 0.0542 e. The molecule has 0 radical (unpaired) electrons. The number of hydrogen-bond acceptors (Lipinski definition) is 2. The zero-order valence-corrected chi connectivity index (χ0v) is 22.8. The van der Waals surface area contributed by atoms with Gasteiger partial charge in [0.25, 0.3) is 0 Å². The first-order chi connectivity index (χ1) is 18.6. The van der Waals surface area contributed by atoms with Crippen molar-refractivity contribution in [3.63, 3.8) is 0 Å². The van der Waals surface area contributed by atoms with Crippen molar-refractivity contribution < 1.29 is 0 Å². The van der Waals surface area contributed by atoms with Gasteiger partial charge in [0.1, 0.15) is 0 Å². The minimum absolute atomic E-state index is 1.28. The fourth-order valence-corrected chi connectivity index (χ4v) is 8.44. The monoisotopic (exact) mass is 520 g/mol. The molecular weight excluding hydrogens is 497 g/mol. The number of benzene rings is 6. The Bertz CT molecular complexity index is 2050. The van der Waals surface area contributed by atoms with E-state index in [4.69, 9.17) is 0 Å². The fourth-order valence-electron chi connectivity index (χ4n) is 5.70. The summed E-state index contributed by atoms with van der Waals surface area (Å²) in [5.74, 6) is 0. The minimum Gasteiger partial charge on any atom is -0.134 e. The molecule has 180 valence electrons. The van der Waals surface area contributed by atoms with Crippen LogP contribution in [0.15, 0.2) is 109 Å². The van der Waals surface area contributed by atoms with E-state index in [0.717, 1.165) is 0 Å². The van der Waals surface area contributed by atoms with Crippen molar-refractivity contribution >= 4 is 73.8 Å². The highest BCUT2D eigenvalue weighted by Crippen LogP contribution is 2.46. The van der Waals surface area contributed by atoms with Gasteiger partial charge < -0.3 is 0 Å². The molecule has 0 spiro atoms. The summed E-state index contributed by atoms with van der Waals surface area (Å²) in [5, 5.41) is 7.93. The van der Waals surface area contributed by atoms with Crippen LogP contribution in [0.25, 0.3) is 73.4 Å². The summed E-state index contributed by atoms with van der Waals surface area (Å²) in [6.07, 6.45) is 0. The summed E-state index contributed by atoms with van der Waals surface area (Å²) < 4.78 is 5.55. The average Bonchev–Trinajstić information content (AvgIpc) is 3.47. The van der Waals surface area contributed by atoms with E-state index in [1.165, 1.54) is 84.5 Å². The lowest BCUT2D eigenvalue weighted by Gasteiger charge is -2.06. The van der Waals surface area contributed by atoms with Gasteiger partial charge in [0.05, 0.1) is 9.40 Å². The van der Waals surface area contributed by atoms with Gasteiger partial charge in [-0.15, -0.1) is 22.7 Å². The molecule has 2 aromatic heterocycles. The molecule has 0 aliphatic rings. The maximum absolute atomic E-state index is 2.37. The Morgan fingerprint density at radius 2 is 0.737 bits per heavy atom. The summed E-state index contributed by atoms with van der Waals surface area (Å²) in [4.78, 5) is 0. The van der Waals surface area contributed by atoms with E-state index >= 15 is 0 Å². The highest BCUT2D eigenvalue weighted by atomic mass is 32.1. The van der Waals surface area contributed by atoms with Crippen LogP contribution >= 0.6 is 22.7 Å². The maximum Gasteiger partial charge on any atom is 0.0542 e. The highest BCUT2D eigenvalue weighted by Gasteiger charge is 2.14. The average molecular weight is 521 g/mol. The van der Waals surface area contributed by atoms with E-state index < -0.39 is 0 Å². The van der Waals surface area contributed by atoms with Gasteiger partial charge in [-0.05, 0) is 81.9 Å². The molecule has 8 rings (SSSR count). The third kappa shape index (κ3) is 3.49. The molecule has 0 saturated heterocycles. The third-order valence-electron chi connectivity index (χ3n) is 7.74. The van der Waals surface area contributed by atoms with Crippen molar-refractivity contribution in [1.82, 2.24) is 0 Å². The topological polar surface area (TPSA) is 0 Å². The Kier molecular flexibility index (Phi) is 4.79. The first-order valence-corrected chi connectivity index (χ1v) is 14.6. The highest BCUT2D eigenvalue weighted by molar-refractivity contribution is 7.36. The van der Waals surface area contributed by atoms with Crippen molar-refractivity contribution in [2.75, 3.05) is 0 Å². The molecule has 0 amide bonds. The molecule has 0 N–H and O–H groups in total. The molecular formula is C36H24S2. The maximum atomic E-state index is 2.37. The second kappa shape index (κ2) is 8.26. The Balaban J connectivity index is 1.21. The molecule has 2 heterocycles. The van der Waals surface area contributed by atoms with Gasteiger partial charge >= 0.3 is 0 Å². The number of hydrogen-bond donors (Lipinski definition) is 0. The molecule has 0 unspecified atom stereocenters. The largest absolute Gasteiger partial charge is 0.134 e. The lowest BCUT2D eigenvalue weighted by atomic mass is 9.99. The van der Waals surface area contributed by atoms with Crippen LogP contribution in [0.2, 0.25) is 0 Å². The van der Waals surface area contributed by atoms with E-state index in [-0.39, 0.29) is 0 Å². The quantitative estimate of drug-likeness (QED) is 0.213. The molecule has 2 heteroatoms. The summed E-state index contributed by atoms with van der Waals surface area (Å²) in [7, 11) is 0. The number of fused-ring (bicyclic) bond motifs is 7. The van der Waals surface area contributed by atoms with Crippen LogP contribution in [0.1, 0.15) is 11.1 Å². The SMILES string of the molecule is Cc1ccc2cc(-c3ccc4c(c3)sc3c5ccc(-c6ccc7cc(C)ccc7c6)cc5sc43)ccc2c1. The fraction of sp³-hybridized carbons (Fsp3) is 0.0556. The molecule has 0 aliphatic carbocycles. The lowest BCUT2D eigenvalue weighted by Crippen LogP contribution is -1.80. The van der Waals surface area contributed by atoms with Crippen molar-refractivity contribution in [3.05, 3.63) is 120 Å². The normalized spacial score (nSPS) is 11.9. The summed E-state index contributed by atoms with van der Waals surface area (Å²) in [6.45, 7) is 4.30. The van der Waals surface area contributed by atoms with Crippen LogP contribution in [0.5, 0.6) is 0 Å². The molecule has 0 saturated carbocycles.